The van der Waals surface area contributed by atoms with E-state index in [-0.39, 0.29) is 0 Å². The lowest BCUT2D eigenvalue weighted by molar-refractivity contribution is 0.520. The summed E-state index contributed by atoms with van der Waals surface area (Å²) >= 11 is 1.71. The maximum Gasteiger partial charge on any atom is 0.242 e. The molecule has 4 nitrogen and oxygen atoms in total. The van der Waals surface area contributed by atoms with Crippen LogP contribution in [-0.4, -0.2) is 26.8 Å². The summed E-state index contributed by atoms with van der Waals surface area (Å²) in [5.41, 5.74) is 2.78. The van der Waals surface area contributed by atoms with E-state index in [2.05, 4.69) is 6.07 Å². The lowest BCUT2D eigenvalue weighted by Gasteiger charge is -2.12. The van der Waals surface area contributed by atoms with E-state index in [0.29, 0.717) is 10.5 Å². The summed E-state index contributed by atoms with van der Waals surface area (Å²) in [6.07, 6.45) is 0. The van der Waals surface area contributed by atoms with Gasteiger partial charge in [-0.1, -0.05) is 24.3 Å². The second kappa shape index (κ2) is 7.64. The molecule has 0 aromatic heterocycles. The molecule has 2 aromatic carbocycles. The van der Waals surface area contributed by atoms with Gasteiger partial charge >= 0.3 is 0 Å². The Balaban J connectivity index is 2.00. The maximum absolute atomic E-state index is 12.1. The topological polar surface area (TPSA) is 61.2 Å². The quantitative estimate of drug-likeness (QED) is 0.805. The molecule has 0 saturated carbocycles. The zero-order valence-electron chi connectivity index (χ0n) is 13.1. The number of rotatable bonds is 6. The predicted molar refractivity (Wildman–Crippen MR) is 93.5 cm³/mol. The first-order valence-corrected chi connectivity index (χ1v) is 9.61. The monoisotopic (exact) mass is 346 g/mol. The van der Waals surface area contributed by atoms with Crippen molar-refractivity contribution in [1.82, 2.24) is 4.31 Å². The molecule has 2 rings (SSSR count). The van der Waals surface area contributed by atoms with E-state index < -0.39 is 10.0 Å². The largest absolute Gasteiger partial charge is 0.242 e. The van der Waals surface area contributed by atoms with Crippen molar-refractivity contribution in [2.75, 3.05) is 14.1 Å². The predicted octanol–water partition coefficient (Wildman–Crippen LogP) is 3.24. The van der Waals surface area contributed by atoms with E-state index in [1.807, 2.05) is 18.2 Å². The van der Waals surface area contributed by atoms with Crippen LogP contribution in [0.15, 0.2) is 53.4 Å². The van der Waals surface area contributed by atoms with Crippen LogP contribution >= 0.6 is 11.8 Å². The Bertz CT molecular complexity index is 807. The van der Waals surface area contributed by atoms with Gasteiger partial charge in [0.2, 0.25) is 10.0 Å². The highest BCUT2D eigenvalue weighted by Crippen LogP contribution is 2.21. The minimum Gasteiger partial charge on any atom is -0.207 e. The van der Waals surface area contributed by atoms with Crippen LogP contribution in [0.1, 0.15) is 16.7 Å². The number of benzene rings is 2. The number of sulfonamides is 1. The van der Waals surface area contributed by atoms with Crippen LogP contribution in [0, 0.1) is 11.3 Å². The summed E-state index contributed by atoms with van der Waals surface area (Å²) in [6.45, 7) is 0. The molecule has 0 spiro atoms. The first-order chi connectivity index (χ1) is 10.9. The van der Waals surface area contributed by atoms with Crippen LogP contribution < -0.4 is 0 Å². The molecule has 0 radical (unpaired) electrons. The van der Waals surface area contributed by atoms with Crippen LogP contribution in [0.2, 0.25) is 0 Å². The third kappa shape index (κ3) is 4.58. The Kier molecular flexibility index (Phi) is 5.83. The molecule has 0 amide bonds. The average molecular weight is 346 g/mol. The van der Waals surface area contributed by atoms with Gasteiger partial charge in [-0.05, 0) is 35.4 Å². The Hall–Kier alpha value is -1.81. The second-order valence-electron chi connectivity index (χ2n) is 5.24. The van der Waals surface area contributed by atoms with Crippen LogP contribution in [0.5, 0.6) is 0 Å². The molecule has 0 N–H and O–H groups in total. The molecule has 0 heterocycles. The summed E-state index contributed by atoms with van der Waals surface area (Å²) in [6, 6.07) is 16.6. The third-order valence-electron chi connectivity index (χ3n) is 3.30. The SMILES string of the molecule is CN(C)S(=O)(=O)c1cccc(CSCc2ccc(C#N)cc2)c1. The first kappa shape index (κ1) is 17.5. The van der Waals surface area contributed by atoms with Gasteiger partial charge in [0.15, 0.2) is 0 Å². The highest BCUT2D eigenvalue weighted by atomic mass is 32.2. The average Bonchev–Trinajstić information content (AvgIpc) is 2.55. The molecule has 0 bridgehead atoms. The molecular weight excluding hydrogens is 328 g/mol. The molecule has 0 aliphatic heterocycles. The van der Waals surface area contributed by atoms with E-state index in [9.17, 15) is 8.42 Å². The molecule has 0 aliphatic carbocycles. The Morgan fingerprint density at radius 3 is 2.30 bits per heavy atom. The van der Waals surface area contributed by atoms with Crippen molar-refractivity contribution in [3.63, 3.8) is 0 Å². The highest BCUT2D eigenvalue weighted by Gasteiger charge is 2.16. The minimum absolute atomic E-state index is 0.318. The standard InChI is InChI=1S/C17H18N2O2S2/c1-19(2)23(20,21)17-5-3-4-16(10-17)13-22-12-15-8-6-14(11-18)7-9-15/h3-10H,12-13H2,1-2H3. The lowest BCUT2D eigenvalue weighted by atomic mass is 10.2. The first-order valence-electron chi connectivity index (χ1n) is 7.02. The summed E-state index contributed by atoms with van der Waals surface area (Å²) in [4.78, 5) is 0.318. The summed E-state index contributed by atoms with van der Waals surface area (Å²) in [5.74, 6) is 1.55. The Morgan fingerprint density at radius 2 is 1.70 bits per heavy atom. The number of thioether (sulfide) groups is 1. The molecule has 0 saturated heterocycles. The summed E-state index contributed by atoms with van der Waals surface area (Å²) in [5, 5.41) is 8.78. The van der Waals surface area contributed by atoms with Crippen LogP contribution in [-0.2, 0) is 21.5 Å². The summed E-state index contributed by atoms with van der Waals surface area (Å²) < 4.78 is 25.5. The molecule has 0 atom stereocenters. The van der Waals surface area contributed by atoms with E-state index >= 15 is 0 Å². The van der Waals surface area contributed by atoms with E-state index in [4.69, 9.17) is 5.26 Å². The van der Waals surface area contributed by atoms with Crippen LogP contribution in [0.25, 0.3) is 0 Å². The minimum atomic E-state index is -3.39. The van der Waals surface area contributed by atoms with Gasteiger partial charge in [-0.2, -0.15) is 17.0 Å². The fraction of sp³-hybridized carbons (Fsp3) is 0.235. The number of nitriles is 1. The normalized spacial score (nSPS) is 11.4. The molecule has 120 valence electrons. The fourth-order valence-electron chi connectivity index (χ4n) is 1.97. The van der Waals surface area contributed by atoms with Crippen LogP contribution in [0.4, 0.5) is 0 Å². The van der Waals surface area contributed by atoms with E-state index in [1.54, 1.807) is 42.1 Å². The van der Waals surface area contributed by atoms with Gasteiger partial charge in [0.05, 0.1) is 16.5 Å². The molecule has 6 heteroatoms. The van der Waals surface area contributed by atoms with Gasteiger partial charge in [0.1, 0.15) is 0 Å². The van der Waals surface area contributed by atoms with Crippen molar-refractivity contribution in [3.05, 3.63) is 65.2 Å². The maximum atomic E-state index is 12.1. The number of nitrogens with zero attached hydrogens (tertiary/aromatic N) is 2. The van der Waals surface area contributed by atoms with Gasteiger partial charge in [-0.15, -0.1) is 0 Å². The molecular formula is C17H18N2O2S2. The molecule has 23 heavy (non-hydrogen) atoms. The van der Waals surface area contributed by atoms with Gasteiger partial charge < -0.3 is 0 Å². The van der Waals surface area contributed by atoms with Gasteiger partial charge in [-0.3, -0.25) is 0 Å². The molecule has 2 aromatic rings. The number of hydrogen-bond acceptors (Lipinski definition) is 4. The van der Waals surface area contributed by atoms with Gasteiger partial charge in [-0.25, -0.2) is 12.7 Å². The van der Waals surface area contributed by atoms with Crippen molar-refractivity contribution in [2.45, 2.75) is 16.4 Å². The smallest absolute Gasteiger partial charge is 0.207 e. The van der Waals surface area contributed by atoms with E-state index in [1.165, 1.54) is 18.4 Å². The Morgan fingerprint density at radius 1 is 1.04 bits per heavy atom. The number of hydrogen-bond donors (Lipinski definition) is 0. The van der Waals surface area contributed by atoms with Gasteiger partial charge in [0, 0.05) is 25.6 Å². The highest BCUT2D eigenvalue weighted by molar-refractivity contribution is 7.97. The fourth-order valence-corrected chi connectivity index (χ4v) is 3.89. The Labute approximate surface area is 141 Å². The van der Waals surface area contributed by atoms with Crippen molar-refractivity contribution in [3.8, 4) is 6.07 Å². The zero-order valence-corrected chi connectivity index (χ0v) is 14.7. The third-order valence-corrected chi connectivity index (χ3v) is 6.18. The lowest BCUT2D eigenvalue weighted by Crippen LogP contribution is -2.22. The summed E-state index contributed by atoms with van der Waals surface area (Å²) in [7, 11) is -0.332. The zero-order chi connectivity index (χ0) is 16.9. The second-order valence-corrected chi connectivity index (χ2v) is 8.37. The van der Waals surface area contributed by atoms with Crippen molar-refractivity contribution < 1.29 is 8.42 Å². The van der Waals surface area contributed by atoms with Gasteiger partial charge in [0.25, 0.3) is 0 Å². The van der Waals surface area contributed by atoms with E-state index in [0.717, 1.165) is 22.6 Å². The molecule has 0 fully saturated rings. The molecule has 0 aliphatic rings. The van der Waals surface area contributed by atoms with Crippen molar-refractivity contribution >= 4 is 21.8 Å². The molecule has 0 unspecified atom stereocenters. The van der Waals surface area contributed by atoms with Crippen molar-refractivity contribution in [2.24, 2.45) is 0 Å². The van der Waals surface area contributed by atoms with Crippen molar-refractivity contribution in [1.29, 1.82) is 5.26 Å². The van der Waals surface area contributed by atoms with Crippen LogP contribution in [0.3, 0.4) is 0 Å².